The number of rotatable bonds is 9. The number of methoxy groups -OCH3 is 2. The first-order valence-electron chi connectivity index (χ1n) is 12.0. The fourth-order valence-electron chi connectivity index (χ4n) is 4.37. The molecule has 0 spiro atoms. The molecule has 10 nitrogen and oxygen atoms in total. The molecule has 0 aliphatic carbocycles. The van der Waals surface area contributed by atoms with Gasteiger partial charge < -0.3 is 24.6 Å². The first-order valence-corrected chi connectivity index (χ1v) is 12.8. The van der Waals surface area contributed by atoms with Crippen LogP contribution in [0.3, 0.4) is 0 Å². The highest BCUT2D eigenvalue weighted by atomic mass is 35.5. The lowest BCUT2D eigenvalue weighted by atomic mass is 10.0. The molecular formula is C27H26Cl2N6O4. The predicted octanol–water partition coefficient (Wildman–Crippen LogP) is 4.35. The molecule has 4 aromatic rings. The number of nitrogens with one attached hydrogen (secondary N) is 2. The highest BCUT2D eigenvalue weighted by Gasteiger charge is 2.30. The van der Waals surface area contributed by atoms with Crippen LogP contribution >= 0.6 is 23.2 Å². The van der Waals surface area contributed by atoms with Crippen molar-refractivity contribution in [3.05, 3.63) is 65.6 Å². The third-order valence-electron chi connectivity index (χ3n) is 6.33. The molecule has 1 aliphatic heterocycles. The van der Waals surface area contributed by atoms with E-state index in [1.807, 2.05) is 18.2 Å². The van der Waals surface area contributed by atoms with E-state index in [0.717, 1.165) is 5.56 Å². The van der Waals surface area contributed by atoms with Gasteiger partial charge in [0.1, 0.15) is 23.2 Å². The van der Waals surface area contributed by atoms with E-state index in [9.17, 15) is 5.11 Å². The third-order valence-corrected chi connectivity index (χ3v) is 7.08. The molecule has 1 saturated heterocycles. The van der Waals surface area contributed by atoms with Gasteiger partial charge in [-0.2, -0.15) is 0 Å². The minimum absolute atomic E-state index is 0.164. The minimum Gasteiger partial charge on any atom is -0.495 e. The molecule has 5 rings (SSSR count). The number of aliphatic hydroxyl groups is 1. The maximum atomic E-state index is 9.94. The maximum Gasteiger partial charge on any atom is 0.223 e. The molecule has 1 aromatic carbocycles. The highest BCUT2D eigenvalue weighted by molar-refractivity contribution is 6.41. The summed E-state index contributed by atoms with van der Waals surface area (Å²) in [4.78, 5) is 18.5. The van der Waals surface area contributed by atoms with Crippen molar-refractivity contribution < 1.29 is 19.3 Å². The SMILES string of the molecule is C=CC(O)N[C@H]1COC[C@H]1Nc1ncc2cc(-c3c(Cl)c(OC)cc(OC)c3Cl)nc(-c3cccnc3)c2n1. The van der Waals surface area contributed by atoms with Crippen LogP contribution in [-0.4, -0.2) is 70.8 Å². The van der Waals surface area contributed by atoms with Crippen molar-refractivity contribution in [3.8, 4) is 34.0 Å². The van der Waals surface area contributed by atoms with Crippen molar-refractivity contribution >= 4 is 40.1 Å². The van der Waals surface area contributed by atoms with Crippen LogP contribution in [-0.2, 0) is 4.74 Å². The van der Waals surface area contributed by atoms with E-state index >= 15 is 0 Å². The number of halogens is 2. The van der Waals surface area contributed by atoms with Crippen LogP contribution in [0.4, 0.5) is 5.95 Å². The molecule has 0 radical (unpaired) electrons. The Bertz CT molecular complexity index is 1480. The summed E-state index contributed by atoms with van der Waals surface area (Å²) in [5.41, 5.74) is 2.86. The molecule has 39 heavy (non-hydrogen) atoms. The van der Waals surface area contributed by atoms with Crippen LogP contribution in [0.1, 0.15) is 0 Å². The lowest BCUT2D eigenvalue weighted by molar-refractivity contribution is 0.149. The van der Waals surface area contributed by atoms with Gasteiger partial charge in [0.05, 0.1) is 61.0 Å². The number of hydrogen-bond donors (Lipinski definition) is 3. The average molecular weight is 569 g/mol. The van der Waals surface area contributed by atoms with Crippen molar-refractivity contribution in [1.29, 1.82) is 0 Å². The summed E-state index contributed by atoms with van der Waals surface area (Å²) in [7, 11) is 3.03. The monoisotopic (exact) mass is 568 g/mol. The minimum atomic E-state index is -0.854. The molecule has 1 aliphatic rings. The van der Waals surface area contributed by atoms with Gasteiger partial charge in [-0.15, -0.1) is 0 Å². The van der Waals surface area contributed by atoms with E-state index in [0.29, 0.717) is 68.6 Å². The van der Waals surface area contributed by atoms with Crippen LogP contribution in [0.25, 0.3) is 33.4 Å². The van der Waals surface area contributed by atoms with Gasteiger partial charge in [-0.25, -0.2) is 15.0 Å². The molecule has 1 unspecified atom stereocenters. The lowest BCUT2D eigenvalue weighted by Gasteiger charge is -2.22. The Labute approximate surface area is 235 Å². The van der Waals surface area contributed by atoms with E-state index in [4.69, 9.17) is 47.4 Å². The van der Waals surface area contributed by atoms with Crippen LogP contribution in [0.5, 0.6) is 11.5 Å². The van der Waals surface area contributed by atoms with Crippen LogP contribution < -0.4 is 20.1 Å². The number of ether oxygens (including phenoxy) is 3. The Morgan fingerprint density at radius 1 is 1.10 bits per heavy atom. The number of hydrogen-bond acceptors (Lipinski definition) is 10. The zero-order valence-corrected chi connectivity index (χ0v) is 22.7. The standard InChI is InChI=1S/C27H26Cl2N6O4/c1-4-21(36)32-17-12-39-13-18(17)34-27-31-11-15-8-16(22-23(28)19(37-2)9-20(38-3)24(22)29)33-25(26(15)35-27)14-6-5-7-30-10-14/h4-11,17-18,21,32,36H,1,12-13H2,2-3H3,(H,31,34,35)/t17-,18+,21?/m0/s1. The molecule has 0 saturated carbocycles. The van der Waals surface area contributed by atoms with E-state index in [1.54, 1.807) is 24.7 Å². The number of aliphatic hydroxyl groups excluding tert-OH is 1. The zero-order chi connectivity index (χ0) is 27.5. The number of pyridine rings is 2. The molecule has 3 aromatic heterocycles. The Morgan fingerprint density at radius 3 is 2.51 bits per heavy atom. The molecule has 3 N–H and O–H groups in total. The zero-order valence-electron chi connectivity index (χ0n) is 21.2. The van der Waals surface area contributed by atoms with Crippen LogP contribution in [0, 0.1) is 0 Å². The largest absolute Gasteiger partial charge is 0.495 e. The maximum absolute atomic E-state index is 9.94. The van der Waals surface area contributed by atoms with Gasteiger partial charge in [-0.1, -0.05) is 29.8 Å². The second kappa shape index (κ2) is 11.7. The molecular weight excluding hydrogens is 543 g/mol. The van der Waals surface area contributed by atoms with Crippen molar-refractivity contribution in [2.45, 2.75) is 18.3 Å². The molecule has 0 bridgehead atoms. The Hall–Kier alpha value is -3.54. The molecule has 4 heterocycles. The summed E-state index contributed by atoms with van der Waals surface area (Å²) in [5.74, 6) is 1.19. The van der Waals surface area contributed by atoms with Crippen molar-refractivity contribution in [1.82, 2.24) is 25.3 Å². The smallest absolute Gasteiger partial charge is 0.223 e. The number of aromatic nitrogens is 4. The molecule has 202 valence electrons. The van der Waals surface area contributed by atoms with Gasteiger partial charge in [-0.05, 0) is 24.3 Å². The number of anilines is 1. The van der Waals surface area contributed by atoms with E-state index in [2.05, 4.69) is 27.2 Å². The van der Waals surface area contributed by atoms with Gasteiger partial charge in [0, 0.05) is 41.2 Å². The number of fused-ring (bicyclic) bond motifs is 1. The second-order valence-corrected chi connectivity index (χ2v) is 9.51. The number of benzene rings is 1. The topological polar surface area (TPSA) is 124 Å². The Balaban J connectivity index is 1.62. The van der Waals surface area contributed by atoms with Gasteiger partial charge in [0.25, 0.3) is 0 Å². The van der Waals surface area contributed by atoms with E-state index in [1.165, 1.54) is 20.3 Å². The van der Waals surface area contributed by atoms with Crippen molar-refractivity contribution in [3.63, 3.8) is 0 Å². The van der Waals surface area contributed by atoms with Crippen LogP contribution in [0.2, 0.25) is 10.0 Å². The summed E-state index contributed by atoms with van der Waals surface area (Å²) in [6, 6.07) is 6.82. The summed E-state index contributed by atoms with van der Waals surface area (Å²) in [5, 5.41) is 17.6. The normalized spacial score (nSPS) is 17.7. The number of nitrogens with zero attached hydrogens (tertiary/aromatic N) is 4. The van der Waals surface area contributed by atoms with Crippen molar-refractivity contribution in [2.24, 2.45) is 0 Å². The summed E-state index contributed by atoms with van der Waals surface area (Å²) < 4.78 is 16.5. The summed E-state index contributed by atoms with van der Waals surface area (Å²) >= 11 is 13.4. The first-order chi connectivity index (χ1) is 18.9. The third kappa shape index (κ3) is 5.47. The molecule has 12 heteroatoms. The van der Waals surface area contributed by atoms with Gasteiger partial charge in [0.2, 0.25) is 5.95 Å². The second-order valence-electron chi connectivity index (χ2n) is 8.76. The molecule has 0 amide bonds. The quantitative estimate of drug-likeness (QED) is 0.198. The van der Waals surface area contributed by atoms with Gasteiger partial charge in [0.15, 0.2) is 0 Å². The first kappa shape index (κ1) is 27.0. The highest BCUT2D eigenvalue weighted by Crippen LogP contribution is 2.46. The van der Waals surface area contributed by atoms with E-state index in [-0.39, 0.29) is 12.1 Å². The average Bonchev–Trinajstić information content (AvgIpc) is 3.39. The van der Waals surface area contributed by atoms with Gasteiger partial charge in [-0.3, -0.25) is 10.3 Å². The molecule has 1 fully saturated rings. The lowest BCUT2D eigenvalue weighted by Crippen LogP contribution is -2.47. The predicted molar refractivity (Wildman–Crippen MR) is 150 cm³/mol. The summed E-state index contributed by atoms with van der Waals surface area (Å²) in [6.07, 6.45) is 5.65. The Kier molecular flexibility index (Phi) is 8.10. The molecule has 3 atom stereocenters. The Morgan fingerprint density at radius 2 is 1.85 bits per heavy atom. The van der Waals surface area contributed by atoms with Gasteiger partial charge >= 0.3 is 0 Å². The summed E-state index contributed by atoms with van der Waals surface area (Å²) in [6.45, 7) is 4.45. The fraction of sp³-hybridized carbons (Fsp3) is 0.259. The van der Waals surface area contributed by atoms with E-state index < -0.39 is 6.23 Å². The van der Waals surface area contributed by atoms with Crippen LogP contribution in [0.15, 0.2) is 55.5 Å². The fourth-order valence-corrected chi connectivity index (χ4v) is 5.06. The van der Waals surface area contributed by atoms with Crippen molar-refractivity contribution in [2.75, 3.05) is 32.8 Å².